The van der Waals surface area contributed by atoms with Crippen molar-refractivity contribution < 1.29 is 0 Å². The minimum absolute atomic E-state index is 0.462. The maximum Gasteiger partial charge on any atom is 0.0934 e. The van der Waals surface area contributed by atoms with Crippen molar-refractivity contribution in [3.63, 3.8) is 0 Å². The van der Waals surface area contributed by atoms with E-state index in [2.05, 4.69) is 50.5 Å². The van der Waals surface area contributed by atoms with E-state index in [-0.39, 0.29) is 0 Å². The normalized spacial score (nSPS) is 21.8. The minimum atomic E-state index is 0.462. The van der Waals surface area contributed by atoms with Crippen molar-refractivity contribution in [1.29, 1.82) is 0 Å². The standard InChI is InChI=1S/C17H22N2S/c1-11-12(2)20-16(19-11)10-14-9-8-13-6-4-5-7-15(13)17(14)18-3/h4-7,14,17-18H,8-10H2,1-3H3. The summed E-state index contributed by atoms with van der Waals surface area (Å²) in [6.45, 7) is 4.28. The largest absolute Gasteiger partial charge is 0.313 e. The Hall–Kier alpha value is -1.19. The van der Waals surface area contributed by atoms with Crippen LogP contribution in [0.2, 0.25) is 0 Å². The van der Waals surface area contributed by atoms with E-state index in [0.29, 0.717) is 12.0 Å². The maximum absolute atomic E-state index is 4.72. The van der Waals surface area contributed by atoms with Crippen LogP contribution in [0.3, 0.4) is 0 Å². The van der Waals surface area contributed by atoms with E-state index >= 15 is 0 Å². The van der Waals surface area contributed by atoms with Crippen LogP contribution in [0.25, 0.3) is 0 Å². The summed E-state index contributed by atoms with van der Waals surface area (Å²) in [6.07, 6.45) is 3.54. The van der Waals surface area contributed by atoms with E-state index in [0.717, 1.165) is 6.42 Å². The zero-order valence-electron chi connectivity index (χ0n) is 12.4. The zero-order valence-corrected chi connectivity index (χ0v) is 13.3. The van der Waals surface area contributed by atoms with Crippen LogP contribution in [-0.4, -0.2) is 12.0 Å². The smallest absolute Gasteiger partial charge is 0.0934 e. The Balaban J connectivity index is 1.84. The number of hydrogen-bond acceptors (Lipinski definition) is 3. The molecule has 0 saturated heterocycles. The van der Waals surface area contributed by atoms with Crippen molar-refractivity contribution in [2.24, 2.45) is 5.92 Å². The fourth-order valence-electron chi connectivity index (χ4n) is 3.29. The van der Waals surface area contributed by atoms with Crippen molar-refractivity contribution >= 4 is 11.3 Å². The Morgan fingerprint density at radius 1 is 1.30 bits per heavy atom. The van der Waals surface area contributed by atoms with E-state index < -0.39 is 0 Å². The van der Waals surface area contributed by atoms with E-state index in [4.69, 9.17) is 4.98 Å². The fraction of sp³-hybridized carbons (Fsp3) is 0.471. The van der Waals surface area contributed by atoms with Gasteiger partial charge in [0.05, 0.1) is 10.7 Å². The molecular weight excluding hydrogens is 264 g/mol. The van der Waals surface area contributed by atoms with Crippen molar-refractivity contribution in [2.45, 2.75) is 39.2 Å². The predicted octanol–water partition coefficient (Wildman–Crippen LogP) is 3.83. The van der Waals surface area contributed by atoms with Gasteiger partial charge in [-0.25, -0.2) is 4.98 Å². The average Bonchev–Trinajstić information content (AvgIpc) is 2.77. The number of nitrogens with zero attached hydrogens (tertiary/aromatic N) is 1. The van der Waals surface area contributed by atoms with Gasteiger partial charge in [-0.2, -0.15) is 0 Å². The summed E-state index contributed by atoms with van der Waals surface area (Å²) in [4.78, 5) is 6.08. The number of aromatic nitrogens is 1. The molecule has 2 atom stereocenters. The van der Waals surface area contributed by atoms with Crippen molar-refractivity contribution in [2.75, 3.05) is 7.05 Å². The van der Waals surface area contributed by atoms with Crippen LogP contribution in [0.5, 0.6) is 0 Å². The first-order valence-corrected chi connectivity index (χ1v) is 8.18. The van der Waals surface area contributed by atoms with Crippen molar-refractivity contribution in [1.82, 2.24) is 10.3 Å². The van der Waals surface area contributed by atoms with E-state index in [9.17, 15) is 0 Å². The lowest BCUT2D eigenvalue weighted by molar-refractivity contribution is 0.334. The molecule has 106 valence electrons. The molecule has 0 fully saturated rings. The minimum Gasteiger partial charge on any atom is -0.313 e. The number of fused-ring (bicyclic) bond motifs is 1. The molecule has 0 saturated carbocycles. The SMILES string of the molecule is CNC1c2ccccc2CCC1Cc1nc(C)c(C)s1. The number of aryl methyl sites for hydroxylation is 3. The van der Waals surface area contributed by atoms with E-state index in [1.54, 1.807) is 0 Å². The van der Waals surface area contributed by atoms with Gasteiger partial charge in [0, 0.05) is 17.3 Å². The van der Waals surface area contributed by atoms with Crippen LogP contribution in [0.1, 0.15) is 39.2 Å². The molecule has 0 amide bonds. The van der Waals surface area contributed by atoms with Gasteiger partial charge in [0.2, 0.25) is 0 Å². The molecule has 2 nitrogen and oxygen atoms in total. The predicted molar refractivity (Wildman–Crippen MR) is 85.3 cm³/mol. The molecule has 0 bridgehead atoms. The average molecular weight is 286 g/mol. The second-order valence-corrected chi connectivity index (χ2v) is 7.00. The Bertz CT molecular complexity index is 583. The van der Waals surface area contributed by atoms with Crippen LogP contribution in [0, 0.1) is 19.8 Å². The molecule has 0 spiro atoms. The summed E-state index contributed by atoms with van der Waals surface area (Å²) < 4.78 is 0. The highest BCUT2D eigenvalue weighted by atomic mass is 32.1. The van der Waals surface area contributed by atoms with Gasteiger partial charge in [-0.05, 0) is 50.8 Å². The van der Waals surface area contributed by atoms with Crippen LogP contribution in [0.15, 0.2) is 24.3 Å². The Morgan fingerprint density at radius 2 is 2.10 bits per heavy atom. The Kier molecular flexibility index (Phi) is 3.90. The summed E-state index contributed by atoms with van der Waals surface area (Å²) in [6, 6.07) is 9.32. The number of nitrogens with one attached hydrogen (secondary N) is 1. The first kappa shape index (κ1) is 13.8. The molecule has 3 rings (SSSR count). The summed E-state index contributed by atoms with van der Waals surface area (Å²) in [5, 5.41) is 4.82. The summed E-state index contributed by atoms with van der Waals surface area (Å²) >= 11 is 1.86. The molecule has 1 aliphatic carbocycles. The highest BCUT2D eigenvalue weighted by Crippen LogP contribution is 2.36. The van der Waals surface area contributed by atoms with Gasteiger partial charge in [0.25, 0.3) is 0 Å². The number of hydrogen-bond donors (Lipinski definition) is 1. The molecule has 1 aliphatic rings. The second-order valence-electron chi connectivity index (χ2n) is 5.72. The summed E-state index contributed by atoms with van der Waals surface area (Å²) in [5.41, 5.74) is 4.19. The quantitative estimate of drug-likeness (QED) is 0.927. The highest BCUT2D eigenvalue weighted by molar-refractivity contribution is 7.11. The van der Waals surface area contributed by atoms with Crippen LogP contribution < -0.4 is 5.32 Å². The van der Waals surface area contributed by atoms with Crippen LogP contribution in [-0.2, 0) is 12.8 Å². The van der Waals surface area contributed by atoms with Crippen molar-refractivity contribution in [3.05, 3.63) is 51.0 Å². The lowest BCUT2D eigenvalue weighted by Gasteiger charge is -2.33. The molecule has 2 aromatic rings. The van der Waals surface area contributed by atoms with E-state index in [1.165, 1.54) is 39.5 Å². The third-order valence-corrected chi connectivity index (χ3v) is 5.56. The van der Waals surface area contributed by atoms with Gasteiger partial charge >= 0.3 is 0 Å². The van der Waals surface area contributed by atoms with Gasteiger partial charge in [0.1, 0.15) is 0 Å². The highest BCUT2D eigenvalue weighted by Gasteiger charge is 2.29. The molecule has 3 heteroatoms. The molecule has 1 aromatic heterocycles. The molecule has 1 aromatic carbocycles. The monoisotopic (exact) mass is 286 g/mol. The first-order chi connectivity index (χ1) is 9.69. The van der Waals surface area contributed by atoms with Gasteiger partial charge in [0.15, 0.2) is 0 Å². The molecule has 1 N–H and O–H groups in total. The third-order valence-electron chi connectivity index (χ3n) is 4.47. The molecule has 0 aliphatic heterocycles. The summed E-state index contributed by atoms with van der Waals surface area (Å²) in [7, 11) is 2.08. The van der Waals surface area contributed by atoms with Gasteiger partial charge in [-0.15, -0.1) is 11.3 Å². The lowest BCUT2D eigenvalue weighted by Crippen LogP contribution is -2.31. The lowest BCUT2D eigenvalue weighted by atomic mass is 9.78. The molecule has 20 heavy (non-hydrogen) atoms. The number of benzene rings is 1. The topological polar surface area (TPSA) is 24.9 Å². The van der Waals surface area contributed by atoms with Gasteiger partial charge in [-0.3, -0.25) is 0 Å². The number of rotatable bonds is 3. The maximum atomic E-state index is 4.72. The molecule has 2 unspecified atom stereocenters. The van der Waals surface area contributed by atoms with E-state index in [1.807, 2.05) is 11.3 Å². The van der Waals surface area contributed by atoms with Gasteiger partial charge < -0.3 is 5.32 Å². The molecular formula is C17H22N2S. The Morgan fingerprint density at radius 3 is 2.80 bits per heavy atom. The fourth-order valence-corrected chi connectivity index (χ4v) is 4.32. The first-order valence-electron chi connectivity index (χ1n) is 7.37. The van der Waals surface area contributed by atoms with Crippen molar-refractivity contribution in [3.8, 4) is 0 Å². The zero-order chi connectivity index (χ0) is 14.1. The third kappa shape index (κ3) is 2.52. The van der Waals surface area contributed by atoms with Gasteiger partial charge in [-0.1, -0.05) is 24.3 Å². The van der Waals surface area contributed by atoms with Crippen LogP contribution in [0.4, 0.5) is 0 Å². The number of thiazole rings is 1. The molecule has 0 radical (unpaired) electrons. The van der Waals surface area contributed by atoms with Crippen LogP contribution >= 0.6 is 11.3 Å². The second kappa shape index (κ2) is 5.66. The molecule has 1 heterocycles. The summed E-state index contributed by atoms with van der Waals surface area (Å²) in [5.74, 6) is 0.653. The Labute approximate surface area is 125 Å².